The summed E-state index contributed by atoms with van der Waals surface area (Å²) in [5.41, 5.74) is 4.55. The van der Waals surface area contributed by atoms with Gasteiger partial charge in [0.05, 0.1) is 18.4 Å². The van der Waals surface area contributed by atoms with E-state index in [9.17, 15) is 14.4 Å². The predicted molar refractivity (Wildman–Crippen MR) is 117 cm³/mol. The molecule has 31 heavy (non-hydrogen) atoms. The topological polar surface area (TPSA) is 80.6 Å². The van der Waals surface area contributed by atoms with Crippen LogP contribution in [-0.2, 0) is 9.53 Å². The fraction of sp³-hybridized carbons (Fsp3) is 0.125. The van der Waals surface area contributed by atoms with Gasteiger partial charge >= 0.3 is 12.0 Å². The van der Waals surface area contributed by atoms with Crippen molar-refractivity contribution < 1.29 is 19.1 Å². The average molecular weight is 415 g/mol. The lowest BCUT2D eigenvalue weighted by atomic mass is 10.2. The minimum Gasteiger partial charge on any atom is -0.465 e. The average Bonchev–Trinajstić information content (AvgIpc) is 3.22. The molecule has 3 amide bonds. The van der Waals surface area contributed by atoms with Crippen LogP contribution >= 0.6 is 0 Å². The summed E-state index contributed by atoms with van der Waals surface area (Å²) in [5.74, 6) is -0.819. The summed E-state index contributed by atoms with van der Waals surface area (Å²) >= 11 is 0. The second-order valence-corrected chi connectivity index (χ2v) is 7.17. The van der Waals surface area contributed by atoms with E-state index in [1.54, 1.807) is 48.5 Å². The molecule has 4 rings (SSSR count). The highest BCUT2D eigenvalue weighted by molar-refractivity contribution is 6.28. The lowest BCUT2D eigenvalue weighted by molar-refractivity contribution is -0.113. The molecule has 0 spiro atoms. The molecule has 0 aliphatic carbocycles. The maximum atomic E-state index is 12.9. The standard InChI is InChI=1S/C24H21N3O4/c1-15-12-18(16(2)26(15)20-11-7-8-17(13-20)23(29)31-3)14-21-22(28)27(24(30)25-21)19-9-5-4-6-10-19/h4-14H,1-3H3,(H,25,30)/b21-14-. The number of amides is 3. The molecular formula is C24H21N3O4. The number of carbonyl (C=O) groups excluding carboxylic acids is 3. The summed E-state index contributed by atoms with van der Waals surface area (Å²) in [6.45, 7) is 3.85. The second-order valence-electron chi connectivity index (χ2n) is 7.17. The third-order valence-electron chi connectivity index (χ3n) is 5.19. The Balaban J connectivity index is 1.70. The van der Waals surface area contributed by atoms with E-state index in [2.05, 4.69) is 5.32 Å². The Hall–Kier alpha value is -4.13. The van der Waals surface area contributed by atoms with Crippen molar-refractivity contribution in [3.05, 3.63) is 88.9 Å². The number of esters is 1. The Morgan fingerprint density at radius 3 is 2.39 bits per heavy atom. The minimum atomic E-state index is -0.484. The van der Waals surface area contributed by atoms with E-state index in [-0.39, 0.29) is 5.70 Å². The van der Waals surface area contributed by atoms with E-state index in [4.69, 9.17) is 4.74 Å². The Morgan fingerprint density at radius 2 is 1.68 bits per heavy atom. The molecule has 1 aliphatic heterocycles. The summed E-state index contributed by atoms with van der Waals surface area (Å²) in [7, 11) is 1.34. The molecule has 156 valence electrons. The van der Waals surface area contributed by atoms with E-state index >= 15 is 0 Å². The molecule has 1 saturated heterocycles. The SMILES string of the molecule is COC(=O)c1cccc(-n2c(C)cc(/C=C3\NC(=O)N(c4ccccc4)C3=O)c2C)c1. The first-order chi connectivity index (χ1) is 14.9. The molecule has 2 aromatic carbocycles. The third kappa shape index (κ3) is 3.61. The maximum absolute atomic E-state index is 12.9. The number of nitrogens with one attached hydrogen (secondary N) is 1. The van der Waals surface area contributed by atoms with E-state index < -0.39 is 17.9 Å². The molecule has 7 heteroatoms. The number of carbonyl (C=O) groups is 3. The van der Waals surface area contributed by atoms with E-state index in [1.165, 1.54) is 7.11 Å². The molecule has 2 heterocycles. The van der Waals surface area contributed by atoms with Gasteiger partial charge in [0, 0.05) is 17.1 Å². The monoisotopic (exact) mass is 415 g/mol. The Morgan fingerprint density at radius 1 is 0.968 bits per heavy atom. The van der Waals surface area contributed by atoms with Gasteiger partial charge in [-0.2, -0.15) is 0 Å². The highest BCUT2D eigenvalue weighted by atomic mass is 16.5. The van der Waals surface area contributed by atoms with Gasteiger partial charge in [-0.15, -0.1) is 0 Å². The van der Waals surface area contributed by atoms with E-state index in [0.29, 0.717) is 11.3 Å². The molecule has 0 saturated carbocycles. The maximum Gasteiger partial charge on any atom is 0.337 e. The first-order valence-electron chi connectivity index (χ1n) is 9.70. The van der Waals surface area contributed by atoms with Gasteiger partial charge in [-0.3, -0.25) is 4.79 Å². The number of hydrogen-bond acceptors (Lipinski definition) is 4. The quantitative estimate of drug-likeness (QED) is 0.397. The van der Waals surface area contributed by atoms with Crippen molar-refractivity contribution in [1.82, 2.24) is 9.88 Å². The lowest BCUT2D eigenvalue weighted by Crippen LogP contribution is -2.30. The number of aryl methyl sites for hydroxylation is 1. The van der Waals surface area contributed by atoms with Gasteiger partial charge in [-0.05, 0) is 61.9 Å². The first kappa shape index (κ1) is 20.2. The number of urea groups is 1. The Kier molecular flexibility index (Phi) is 5.17. The van der Waals surface area contributed by atoms with Gasteiger partial charge in [-0.1, -0.05) is 24.3 Å². The van der Waals surface area contributed by atoms with Crippen molar-refractivity contribution in [3.8, 4) is 5.69 Å². The fourth-order valence-corrected chi connectivity index (χ4v) is 3.72. The van der Waals surface area contributed by atoms with Gasteiger partial charge in [0.2, 0.25) is 0 Å². The molecule has 1 aliphatic rings. The molecular weight excluding hydrogens is 394 g/mol. The van der Waals surface area contributed by atoms with E-state index in [0.717, 1.165) is 27.5 Å². The summed E-state index contributed by atoms with van der Waals surface area (Å²) in [5, 5.41) is 2.66. The van der Waals surface area contributed by atoms with Crippen LogP contribution in [0.5, 0.6) is 0 Å². The van der Waals surface area contributed by atoms with E-state index in [1.807, 2.05) is 36.6 Å². The van der Waals surface area contributed by atoms with Gasteiger partial charge in [-0.25, -0.2) is 14.5 Å². The number of methoxy groups -OCH3 is 1. The van der Waals surface area contributed by atoms with Crippen LogP contribution in [-0.4, -0.2) is 29.6 Å². The number of ether oxygens (including phenoxy) is 1. The van der Waals surface area contributed by atoms with Crippen LogP contribution in [0.3, 0.4) is 0 Å². The largest absolute Gasteiger partial charge is 0.465 e. The van der Waals surface area contributed by atoms with Crippen LogP contribution < -0.4 is 10.2 Å². The Bertz CT molecular complexity index is 1220. The number of rotatable bonds is 4. The van der Waals surface area contributed by atoms with Crippen LogP contribution in [0.15, 0.2) is 66.4 Å². The molecule has 0 atom stereocenters. The highest BCUT2D eigenvalue weighted by Gasteiger charge is 2.35. The predicted octanol–water partition coefficient (Wildman–Crippen LogP) is 3.98. The van der Waals surface area contributed by atoms with Crippen molar-refractivity contribution in [2.75, 3.05) is 12.0 Å². The van der Waals surface area contributed by atoms with Crippen molar-refractivity contribution in [2.24, 2.45) is 0 Å². The van der Waals surface area contributed by atoms with Crippen LogP contribution in [0.2, 0.25) is 0 Å². The van der Waals surface area contributed by atoms with Crippen LogP contribution in [0, 0.1) is 13.8 Å². The van der Waals surface area contributed by atoms with Crippen molar-refractivity contribution in [2.45, 2.75) is 13.8 Å². The van der Waals surface area contributed by atoms with Gasteiger partial charge in [0.25, 0.3) is 5.91 Å². The molecule has 0 radical (unpaired) electrons. The number of para-hydroxylation sites is 1. The van der Waals surface area contributed by atoms with Gasteiger partial charge in [0.1, 0.15) is 5.70 Å². The normalized spacial score (nSPS) is 14.8. The number of anilines is 1. The summed E-state index contributed by atoms with van der Waals surface area (Å²) in [6, 6.07) is 17.4. The number of nitrogens with zero attached hydrogens (tertiary/aromatic N) is 2. The zero-order chi connectivity index (χ0) is 22.1. The van der Waals surface area contributed by atoms with Crippen molar-refractivity contribution in [1.29, 1.82) is 0 Å². The first-order valence-corrected chi connectivity index (χ1v) is 9.70. The smallest absolute Gasteiger partial charge is 0.337 e. The van der Waals surface area contributed by atoms with Crippen molar-refractivity contribution in [3.63, 3.8) is 0 Å². The number of aromatic nitrogens is 1. The summed E-state index contributed by atoms with van der Waals surface area (Å²) < 4.78 is 6.79. The lowest BCUT2D eigenvalue weighted by Gasteiger charge is -2.11. The molecule has 7 nitrogen and oxygen atoms in total. The molecule has 1 aromatic heterocycles. The highest BCUT2D eigenvalue weighted by Crippen LogP contribution is 2.26. The second kappa shape index (κ2) is 7.95. The molecule has 0 bridgehead atoms. The third-order valence-corrected chi connectivity index (χ3v) is 5.19. The number of benzene rings is 2. The van der Waals surface area contributed by atoms with Crippen molar-refractivity contribution >= 4 is 29.7 Å². The van der Waals surface area contributed by atoms with Crippen LogP contribution in [0.1, 0.15) is 27.3 Å². The fourth-order valence-electron chi connectivity index (χ4n) is 3.72. The zero-order valence-corrected chi connectivity index (χ0v) is 17.4. The van der Waals surface area contributed by atoms with Gasteiger partial charge in [0.15, 0.2) is 0 Å². The number of hydrogen-bond donors (Lipinski definition) is 1. The van der Waals surface area contributed by atoms with Crippen LogP contribution in [0.25, 0.3) is 11.8 Å². The molecule has 3 aromatic rings. The molecule has 0 unspecified atom stereocenters. The summed E-state index contributed by atoms with van der Waals surface area (Å²) in [6.07, 6.45) is 1.67. The van der Waals surface area contributed by atoms with Crippen LogP contribution in [0.4, 0.5) is 10.5 Å². The minimum absolute atomic E-state index is 0.206. The Labute approximate surface area is 179 Å². The molecule has 1 N–H and O–H groups in total. The van der Waals surface area contributed by atoms with Gasteiger partial charge < -0.3 is 14.6 Å². The number of imide groups is 1. The summed E-state index contributed by atoms with van der Waals surface area (Å²) in [4.78, 5) is 38.3. The molecule has 1 fully saturated rings. The zero-order valence-electron chi connectivity index (χ0n) is 17.4.